The van der Waals surface area contributed by atoms with Crippen molar-refractivity contribution in [3.8, 4) is 11.5 Å². The van der Waals surface area contributed by atoms with E-state index in [1.165, 1.54) is 24.3 Å². The van der Waals surface area contributed by atoms with E-state index in [-0.39, 0.29) is 28.6 Å². The molecule has 8 heteroatoms. The monoisotopic (exact) mass is 473 g/mol. The summed E-state index contributed by atoms with van der Waals surface area (Å²) in [4.78, 5) is 15.3. The summed E-state index contributed by atoms with van der Waals surface area (Å²) in [6, 6.07) is 18.7. The summed E-state index contributed by atoms with van der Waals surface area (Å²) >= 11 is -0.198. The molecule has 1 atom stereocenters. The second-order valence-corrected chi connectivity index (χ2v) is 8.68. The standard InChI is InChI=1S/C25H22F3NO3S/c1-31-21-14-18-12-13-29(24(30)17-8-10-19(11-9-17)33-25(26,27)28)23(16-6-4-3-5-7-16)20(18)15-22(21)32-2/h3-11,14-15,23H,12-13H2,1-2H3/t23-/m1/s1. The molecule has 0 N–H and O–H groups in total. The molecule has 1 heterocycles. The fourth-order valence-electron chi connectivity index (χ4n) is 4.12. The van der Waals surface area contributed by atoms with E-state index in [2.05, 4.69) is 0 Å². The predicted octanol–water partition coefficient (Wildman–Crippen LogP) is 6.10. The molecule has 0 unspecified atom stereocenters. The fraction of sp³-hybridized carbons (Fsp3) is 0.240. The molecule has 4 rings (SSSR count). The molecule has 33 heavy (non-hydrogen) atoms. The number of rotatable bonds is 5. The molecule has 0 bridgehead atoms. The SMILES string of the molecule is COc1cc2c(cc1OC)[C@@H](c1ccccc1)N(C(=O)c1ccc(SC(F)(F)F)cc1)CC2. The summed E-state index contributed by atoms with van der Waals surface area (Å²) in [5, 5.41) is 0. The minimum absolute atomic E-state index is 0.0412. The number of nitrogens with zero attached hydrogens (tertiary/aromatic N) is 1. The maximum Gasteiger partial charge on any atom is 0.446 e. The highest BCUT2D eigenvalue weighted by molar-refractivity contribution is 8.00. The van der Waals surface area contributed by atoms with Gasteiger partial charge in [-0.05, 0) is 71.3 Å². The topological polar surface area (TPSA) is 38.8 Å². The van der Waals surface area contributed by atoms with Crippen molar-refractivity contribution in [1.82, 2.24) is 4.90 Å². The van der Waals surface area contributed by atoms with Crippen LogP contribution in [0, 0.1) is 0 Å². The predicted molar refractivity (Wildman–Crippen MR) is 121 cm³/mol. The van der Waals surface area contributed by atoms with E-state index in [0.717, 1.165) is 16.7 Å². The zero-order chi connectivity index (χ0) is 23.6. The maximum absolute atomic E-state index is 13.5. The van der Waals surface area contributed by atoms with Gasteiger partial charge in [-0.15, -0.1) is 0 Å². The van der Waals surface area contributed by atoms with Crippen molar-refractivity contribution in [2.24, 2.45) is 0 Å². The Kier molecular flexibility index (Phi) is 6.56. The van der Waals surface area contributed by atoms with Gasteiger partial charge in [0.1, 0.15) is 0 Å². The van der Waals surface area contributed by atoms with E-state index in [1.807, 2.05) is 42.5 Å². The molecule has 0 saturated heterocycles. The second kappa shape index (κ2) is 9.39. The van der Waals surface area contributed by atoms with Crippen LogP contribution in [-0.4, -0.2) is 37.1 Å². The van der Waals surface area contributed by atoms with Gasteiger partial charge in [0, 0.05) is 17.0 Å². The third-order valence-electron chi connectivity index (χ3n) is 5.58. The first kappa shape index (κ1) is 23.0. The quantitative estimate of drug-likeness (QED) is 0.420. The number of amides is 1. The molecule has 1 aliphatic rings. The summed E-state index contributed by atoms with van der Waals surface area (Å²) in [7, 11) is 3.15. The van der Waals surface area contributed by atoms with Gasteiger partial charge in [0.2, 0.25) is 0 Å². The lowest BCUT2D eigenvalue weighted by Gasteiger charge is -2.38. The van der Waals surface area contributed by atoms with Crippen LogP contribution in [0.2, 0.25) is 0 Å². The number of benzene rings is 3. The van der Waals surface area contributed by atoms with Gasteiger partial charge >= 0.3 is 5.51 Å². The van der Waals surface area contributed by atoms with Gasteiger partial charge in [0.15, 0.2) is 11.5 Å². The number of hydrogen-bond donors (Lipinski definition) is 0. The molecule has 0 aliphatic carbocycles. The Bertz CT molecular complexity index is 1130. The van der Waals surface area contributed by atoms with Crippen LogP contribution in [-0.2, 0) is 6.42 Å². The summed E-state index contributed by atoms with van der Waals surface area (Å²) in [6.45, 7) is 0.458. The van der Waals surface area contributed by atoms with Crippen molar-refractivity contribution in [3.63, 3.8) is 0 Å². The van der Waals surface area contributed by atoms with E-state index in [1.54, 1.807) is 19.1 Å². The average Bonchev–Trinajstić information content (AvgIpc) is 2.82. The number of hydrogen-bond acceptors (Lipinski definition) is 4. The lowest BCUT2D eigenvalue weighted by Crippen LogP contribution is -2.40. The third kappa shape index (κ3) is 4.95. The zero-order valence-corrected chi connectivity index (χ0v) is 18.9. The molecule has 3 aromatic rings. The summed E-state index contributed by atoms with van der Waals surface area (Å²) < 4.78 is 48.9. The van der Waals surface area contributed by atoms with E-state index < -0.39 is 5.51 Å². The lowest BCUT2D eigenvalue weighted by atomic mass is 9.87. The highest BCUT2D eigenvalue weighted by Crippen LogP contribution is 2.42. The number of carbonyl (C=O) groups is 1. The molecule has 0 saturated carbocycles. The van der Waals surface area contributed by atoms with Crippen LogP contribution in [0.25, 0.3) is 0 Å². The molecule has 0 fully saturated rings. The van der Waals surface area contributed by atoms with Gasteiger partial charge in [-0.3, -0.25) is 4.79 Å². The molecule has 4 nitrogen and oxygen atoms in total. The molecule has 1 aliphatic heterocycles. The second-order valence-electron chi connectivity index (χ2n) is 7.54. The van der Waals surface area contributed by atoms with Crippen LogP contribution in [0.15, 0.2) is 71.6 Å². The fourth-order valence-corrected chi connectivity index (χ4v) is 4.66. The van der Waals surface area contributed by atoms with Gasteiger partial charge in [0.25, 0.3) is 5.91 Å². The van der Waals surface area contributed by atoms with Gasteiger partial charge in [0.05, 0.1) is 20.3 Å². The van der Waals surface area contributed by atoms with E-state index in [0.29, 0.717) is 30.0 Å². The first-order chi connectivity index (χ1) is 15.8. The van der Waals surface area contributed by atoms with E-state index in [4.69, 9.17) is 9.47 Å². The number of thioether (sulfide) groups is 1. The Morgan fingerprint density at radius 1 is 0.970 bits per heavy atom. The summed E-state index contributed by atoms with van der Waals surface area (Å²) in [5.41, 5.74) is -1.11. The number of carbonyl (C=O) groups excluding carboxylic acids is 1. The molecule has 3 aromatic carbocycles. The average molecular weight is 474 g/mol. The van der Waals surface area contributed by atoms with E-state index >= 15 is 0 Å². The Hall–Kier alpha value is -3.13. The highest BCUT2D eigenvalue weighted by Gasteiger charge is 2.34. The largest absolute Gasteiger partial charge is 0.493 e. The Morgan fingerprint density at radius 2 is 1.61 bits per heavy atom. The smallest absolute Gasteiger partial charge is 0.446 e. The number of methoxy groups -OCH3 is 2. The molecular weight excluding hydrogens is 451 g/mol. The van der Waals surface area contributed by atoms with Gasteiger partial charge in [-0.25, -0.2) is 0 Å². The van der Waals surface area contributed by atoms with Crippen LogP contribution in [0.1, 0.15) is 33.1 Å². The van der Waals surface area contributed by atoms with Crippen LogP contribution >= 0.6 is 11.8 Å². The van der Waals surface area contributed by atoms with Crippen LogP contribution in [0.3, 0.4) is 0 Å². The number of alkyl halides is 3. The first-order valence-corrected chi connectivity index (χ1v) is 11.1. The van der Waals surface area contributed by atoms with Gasteiger partial charge < -0.3 is 14.4 Å². The van der Waals surface area contributed by atoms with Gasteiger partial charge in [-0.1, -0.05) is 30.3 Å². The van der Waals surface area contributed by atoms with Crippen LogP contribution in [0.4, 0.5) is 13.2 Å². The number of ether oxygens (including phenoxy) is 2. The first-order valence-electron chi connectivity index (χ1n) is 10.3. The number of halogens is 3. The Labute approximate surface area is 194 Å². The molecule has 0 radical (unpaired) electrons. The van der Waals surface area contributed by atoms with Crippen LogP contribution in [0.5, 0.6) is 11.5 Å². The molecular formula is C25H22F3NO3S. The normalized spacial score (nSPS) is 15.7. The Balaban J connectivity index is 1.73. The number of fused-ring (bicyclic) bond motifs is 1. The zero-order valence-electron chi connectivity index (χ0n) is 18.1. The molecule has 1 amide bonds. The molecule has 0 aromatic heterocycles. The van der Waals surface area contributed by atoms with Crippen molar-refractivity contribution in [1.29, 1.82) is 0 Å². The van der Waals surface area contributed by atoms with E-state index in [9.17, 15) is 18.0 Å². The summed E-state index contributed by atoms with van der Waals surface area (Å²) in [6.07, 6.45) is 0.618. The summed E-state index contributed by atoms with van der Waals surface area (Å²) in [5.74, 6) is 0.952. The van der Waals surface area contributed by atoms with Crippen molar-refractivity contribution in [2.45, 2.75) is 22.9 Å². The minimum Gasteiger partial charge on any atom is -0.493 e. The third-order valence-corrected chi connectivity index (χ3v) is 6.32. The van der Waals surface area contributed by atoms with Crippen LogP contribution < -0.4 is 9.47 Å². The molecule has 172 valence electrons. The maximum atomic E-state index is 13.5. The van der Waals surface area contributed by atoms with Crippen molar-refractivity contribution >= 4 is 17.7 Å². The van der Waals surface area contributed by atoms with Gasteiger partial charge in [-0.2, -0.15) is 13.2 Å². The lowest BCUT2D eigenvalue weighted by molar-refractivity contribution is -0.0328. The highest BCUT2D eigenvalue weighted by atomic mass is 32.2. The minimum atomic E-state index is -4.37. The Morgan fingerprint density at radius 3 is 2.21 bits per heavy atom. The van der Waals surface area contributed by atoms with Crippen molar-refractivity contribution in [3.05, 3.63) is 89.0 Å². The van der Waals surface area contributed by atoms with Crippen molar-refractivity contribution < 1.29 is 27.4 Å². The van der Waals surface area contributed by atoms with Crippen molar-refractivity contribution in [2.75, 3.05) is 20.8 Å². The molecule has 0 spiro atoms.